The number of benzene rings is 1. The van der Waals surface area contributed by atoms with Crippen molar-refractivity contribution >= 4 is 11.5 Å². The molecule has 36 heavy (non-hydrogen) atoms. The number of imidazole rings is 1. The van der Waals surface area contributed by atoms with Gasteiger partial charge in [0.1, 0.15) is 17.3 Å². The normalized spacial score (nSPS) is 24.5. The summed E-state index contributed by atoms with van der Waals surface area (Å²) < 4.78 is 15.8. The third-order valence-electron chi connectivity index (χ3n) is 7.66. The summed E-state index contributed by atoms with van der Waals surface area (Å²) in [7, 11) is 0. The van der Waals surface area contributed by atoms with Crippen molar-refractivity contribution in [3.05, 3.63) is 77.9 Å². The lowest BCUT2D eigenvalue weighted by atomic mass is 10.0. The zero-order valence-electron chi connectivity index (χ0n) is 20.0. The molecular formula is C27H29FN8. The molecule has 4 aromatic rings. The fourth-order valence-electron chi connectivity index (χ4n) is 5.90. The maximum absolute atomic E-state index is 13.9. The Morgan fingerprint density at radius 1 is 0.972 bits per heavy atom. The van der Waals surface area contributed by atoms with Crippen molar-refractivity contribution in [2.75, 3.05) is 24.5 Å². The van der Waals surface area contributed by atoms with Crippen molar-refractivity contribution in [3.63, 3.8) is 0 Å². The first-order valence-electron chi connectivity index (χ1n) is 12.8. The Kier molecular flexibility index (Phi) is 5.41. The summed E-state index contributed by atoms with van der Waals surface area (Å²) in [5.41, 5.74) is 8.04. The van der Waals surface area contributed by atoms with Gasteiger partial charge in [-0.3, -0.25) is 10.7 Å². The second-order valence-corrected chi connectivity index (χ2v) is 9.89. The van der Waals surface area contributed by atoms with E-state index in [1.807, 2.05) is 35.0 Å². The van der Waals surface area contributed by atoms with E-state index in [2.05, 4.69) is 37.8 Å². The van der Waals surface area contributed by atoms with Crippen LogP contribution in [0.4, 0.5) is 10.2 Å². The smallest absolute Gasteiger partial charge is 0.154 e. The number of hydrazine groups is 1. The molecule has 3 aromatic heterocycles. The molecule has 0 radical (unpaired) electrons. The summed E-state index contributed by atoms with van der Waals surface area (Å²) in [6.07, 6.45) is 6.58. The Labute approximate surface area is 209 Å². The zero-order chi connectivity index (χ0) is 24.1. The molecule has 8 nitrogen and oxygen atoms in total. The van der Waals surface area contributed by atoms with E-state index in [-0.39, 0.29) is 17.9 Å². The minimum Gasteiger partial charge on any atom is -0.348 e. The fraction of sp³-hybridized carbons (Fsp3) is 0.370. The monoisotopic (exact) mass is 484 g/mol. The number of fused-ring (bicyclic) bond motifs is 2. The number of nitrogens with one attached hydrogen (secondary N) is 2. The highest BCUT2D eigenvalue weighted by Crippen LogP contribution is 2.36. The molecule has 3 fully saturated rings. The fourth-order valence-corrected chi connectivity index (χ4v) is 5.90. The summed E-state index contributed by atoms with van der Waals surface area (Å²) >= 11 is 0. The van der Waals surface area contributed by atoms with Crippen molar-refractivity contribution in [3.8, 4) is 11.4 Å². The van der Waals surface area contributed by atoms with Crippen molar-refractivity contribution in [2.45, 2.75) is 43.9 Å². The molecule has 2 unspecified atom stereocenters. The van der Waals surface area contributed by atoms with E-state index in [4.69, 9.17) is 10.1 Å². The molecular weight excluding hydrogens is 455 g/mol. The van der Waals surface area contributed by atoms with Crippen LogP contribution in [0.3, 0.4) is 0 Å². The van der Waals surface area contributed by atoms with E-state index in [1.165, 1.54) is 12.5 Å². The molecule has 184 valence electrons. The van der Waals surface area contributed by atoms with Gasteiger partial charge < -0.3 is 4.90 Å². The summed E-state index contributed by atoms with van der Waals surface area (Å²) in [6, 6.07) is 17.4. The molecule has 6 heterocycles. The van der Waals surface area contributed by atoms with Crippen molar-refractivity contribution < 1.29 is 4.39 Å². The van der Waals surface area contributed by atoms with Gasteiger partial charge in [0.05, 0.1) is 35.8 Å². The van der Waals surface area contributed by atoms with Gasteiger partial charge in [0.15, 0.2) is 5.65 Å². The number of pyridine rings is 1. The van der Waals surface area contributed by atoms with Gasteiger partial charge in [0.2, 0.25) is 0 Å². The first-order valence-corrected chi connectivity index (χ1v) is 12.8. The summed E-state index contributed by atoms with van der Waals surface area (Å²) in [4.78, 5) is 11.9. The topological polar surface area (TPSA) is 73.6 Å². The van der Waals surface area contributed by atoms with Crippen LogP contribution in [0, 0.1) is 5.82 Å². The first-order chi connectivity index (χ1) is 17.7. The Bertz CT molecular complexity index is 1400. The predicted octanol–water partition coefficient (Wildman–Crippen LogP) is 3.84. The highest BCUT2D eigenvalue weighted by atomic mass is 19.1. The lowest BCUT2D eigenvalue weighted by Crippen LogP contribution is -2.57. The number of halogens is 1. The molecule has 7 rings (SSSR count). The molecule has 1 aromatic carbocycles. The number of anilines is 1. The van der Waals surface area contributed by atoms with E-state index in [1.54, 1.807) is 12.1 Å². The van der Waals surface area contributed by atoms with E-state index < -0.39 is 0 Å². The third kappa shape index (κ3) is 3.84. The van der Waals surface area contributed by atoms with Gasteiger partial charge in [-0.15, -0.1) is 5.10 Å². The second-order valence-electron chi connectivity index (χ2n) is 9.89. The molecule has 0 amide bonds. The average molecular weight is 485 g/mol. The molecule has 2 N–H and O–H groups in total. The van der Waals surface area contributed by atoms with E-state index in [0.717, 1.165) is 73.0 Å². The minimum atomic E-state index is -0.200. The predicted molar refractivity (Wildman–Crippen MR) is 136 cm³/mol. The lowest BCUT2D eigenvalue weighted by molar-refractivity contribution is 0.0848. The zero-order valence-corrected chi connectivity index (χ0v) is 20.0. The number of hydrogen-bond donors (Lipinski definition) is 2. The van der Waals surface area contributed by atoms with Gasteiger partial charge in [-0.2, -0.15) is 0 Å². The first kappa shape index (κ1) is 21.8. The molecule has 3 aliphatic heterocycles. The van der Waals surface area contributed by atoms with Gasteiger partial charge >= 0.3 is 0 Å². The number of aromatic nitrogens is 4. The lowest BCUT2D eigenvalue weighted by Gasteiger charge is -2.36. The maximum Gasteiger partial charge on any atom is 0.154 e. The van der Waals surface area contributed by atoms with E-state index in [0.29, 0.717) is 6.17 Å². The quantitative estimate of drug-likeness (QED) is 0.456. The van der Waals surface area contributed by atoms with Crippen LogP contribution in [0.1, 0.15) is 49.0 Å². The van der Waals surface area contributed by atoms with Crippen LogP contribution in [0.2, 0.25) is 0 Å². The molecule has 3 aliphatic rings. The number of rotatable bonds is 4. The van der Waals surface area contributed by atoms with Crippen LogP contribution in [-0.2, 0) is 0 Å². The van der Waals surface area contributed by atoms with Crippen LogP contribution in [0.15, 0.2) is 60.8 Å². The molecule has 0 bridgehead atoms. The molecule has 9 heteroatoms. The highest BCUT2D eigenvalue weighted by Gasteiger charge is 2.32. The largest absolute Gasteiger partial charge is 0.348 e. The van der Waals surface area contributed by atoms with Crippen molar-refractivity contribution in [2.24, 2.45) is 0 Å². The molecule has 3 atom stereocenters. The molecule has 0 saturated carbocycles. The molecule has 0 spiro atoms. The number of nitrogens with zero attached hydrogens (tertiary/aromatic N) is 6. The van der Waals surface area contributed by atoms with E-state index >= 15 is 0 Å². The third-order valence-corrected chi connectivity index (χ3v) is 7.66. The Morgan fingerprint density at radius 3 is 2.83 bits per heavy atom. The van der Waals surface area contributed by atoms with Gasteiger partial charge in [-0.25, -0.2) is 23.9 Å². The SMILES string of the molecule is Fc1cccc([C@H]2CCCN2c2ccc3ncc(-c4cccc(C5CNN6CCCC6N5)n4)n3n2)c1. The van der Waals surface area contributed by atoms with Crippen molar-refractivity contribution in [1.29, 1.82) is 0 Å². The van der Waals surface area contributed by atoms with Gasteiger partial charge in [0, 0.05) is 19.6 Å². The standard InChI is InChI=1S/C27H29FN8/c28-19-6-1-5-18(15-19)23-9-3-13-34(23)27-12-11-25-29-17-24(36(25)33-27)21-8-2-7-20(31-21)22-16-30-35-14-4-10-26(35)32-22/h1-2,5-8,11-12,15,17,22-23,26,30,32H,3-4,9-10,13-14,16H2/t22?,23-,26?/m1/s1. The summed E-state index contributed by atoms with van der Waals surface area (Å²) in [6.45, 7) is 2.79. The van der Waals surface area contributed by atoms with Crippen LogP contribution < -0.4 is 15.6 Å². The van der Waals surface area contributed by atoms with Crippen molar-refractivity contribution in [1.82, 2.24) is 35.3 Å². The minimum absolute atomic E-state index is 0.110. The summed E-state index contributed by atoms with van der Waals surface area (Å²) in [5, 5.41) is 11.0. The van der Waals surface area contributed by atoms with Crippen LogP contribution in [0.25, 0.3) is 17.0 Å². The molecule has 0 aliphatic carbocycles. The van der Waals surface area contributed by atoms with Crippen LogP contribution in [0.5, 0.6) is 0 Å². The van der Waals surface area contributed by atoms with E-state index in [9.17, 15) is 4.39 Å². The highest BCUT2D eigenvalue weighted by molar-refractivity contribution is 5.61. The Morgan fingerprint density at radius 2 is 1.89 bits per heavy atom. The van der Waals surface area contributed by atoms with Crippen LogP contribution >= 0.6 is 0 Å². The molecule has 3 saturated heterocycles. The Hall–Kier alpha value is -3.40. The number of hydrogen-bond acceptors (Lipinski definition) is 7. The van der Waals surface area contributed by atoms with Crippen LogP contribution in [-0.4, -0.2) is 50.4 Å². The van der Waals surface area contributed by atoms with Gasteiger partial charge in [-0.05, 0) is 67.6 Å². The summed E-state index contributed by atoms with van der Waals surface area (Å²) in [5.74, 6) is 0.665. The Balaban J connectivity index is 1.20. The second kappa shape index (κ2) is 8.92. The maximum atomic E-state index is 13.9. The average Bonchev–Trinajstić information content (AvgIpc) is 3.67. The van der Waals surface area contributed by atoms with Gasteiger partial charge in [-0.1, -0.05) is 18.2 Å². The van der Waals surface area contributed by atoms with Gasteiger partial charge in [0.25, 0.3) is 0 Å².